The van der Waals surface area contributed by atoms with Gasteiger partial charge in [-0.2, -0.15) is 0 Å². The van der Waals surface area contributed by atoms with Crippen LogP contribution in [0.2, 0.25) is 0 Å². The maximum absolute atomic E-state index is 14.0. The quantitative estimate of drug-likeness (QED) is 0.240. The average Bonchev–Trinajstić information content (AvgIpc) is 2.98. The smallest absolute Gasteiger partial charge is 0.164 e. The van der Waals surface area contributed by atoms with Crippen LogP contribution in [0.15, 0.2) is 127 Å². The number of rotatable bonds is 5. The van der Waals surface area contributed by atoms with Crippen molar-refractivity contribution in [2.24, 2.45) is 0 Å². The summed E-state index contributed by atoms with van der Waals surface area (Å²) in [7, 11) is 0. The van der Waals surface area contributed by atoms with Gasteiger partial charge in [0.2, 0.25) is 0 Å². The molecule has 0 atom stereocenters. The highest BCUT2D eigenvalue weighted by Gasteiger charge is 2.13. The van der Waals surface area contributed by atoms with Gasteiger partial charge in [0.05, 0.1) is 0 Å². The molecule has 0 radical (unpaired) electrons. The summed E-state index contributed by atoms with van der Waals surface area (Å²) in [6.07, 6.45) is 0. The first kappa shape index (κ1) is 23.4. The molecule has 0 fully saturated rings. The minimum absolute atomic E-state index is 0.314. The highest BCUT2D eigenvalue weighted by molar-refractivity contribution is 5.73. The normalized spacial score (nSPS) is 10.9. The van der Waals surface area contributed by atoms with E-state index in [0.717, 1.165) is 22.3 Å². The summed E-state index contributed by atoms with van der Waals surface area (Å²) < 4.78 is 27.9. The van der Waals surface area contributed by atoms with Gasteiger partial charge < -0.3 is 0 Å². The molecule has 5 heteroatoms. The second-order valence-corrected chi connectivity index (χ2v) is 8.85. The Morgan fingerprint density at radius 2 is 0.658 bits per heavy atom. The van der Waals surface area contributed by atoms with Crippen molar-refractivity contribution < 1.29 is 8.78 Å². The molecule has 38 heavy (non-hydrogen) atoms. The van der Waals surface area contributed by atoms with Gasteiger partial charge >= 0.3 is 0 Å². The molecule has 3 nitrogen and oxygen atoms in total. The molecule has 5 aromatic carbocycles. The zero-order chi connectivity index (χ0) is 25.9. The van der Waals surface area contributed by atoms with Crippen LogP contribution in [0.5, 0.6) is 0 Å². The van der Waals surface area contributed by atoms with Gasteiger partial charge in [-0.25, -0.2) is 23.7 Å². The standard InChI is InChI=1S/C33H21F2N3/c34-29-10-4-8-27(20-29)32-36-31(37-33(38-32)28-9-5-11-30(35)21-28)26-18-16-25(17-19-26)24-14-12-23(13-15-24)22-6-2-1-3-7-22/h1-21H. The molecule has 6 aromatic rings. The van der Waals surface area contributed by atoms with Gasteiger partial charge in [0.25, 0.3) is 0 Å². The second kappa shape index (κ2) is 10.1. The molecule has 0 unspecified atom stereocenters. The molecule has 1 aromatic heterocycles. The van der Waals surface area contributed by atoms with Crippen molar-refractivity contribution in [3.8, 4) is 56.4 Å². The van der Waals surface area contributed by atoms with Gasteiger partial charge in [-0.1, -0.05) is 103 Å². The molecule has 1 heterocycles. The zero-order valence-corrected chi connectivity index (χ0v) is 20.2. The fourth-order valence-electron chi connectivity index (χ4n) is 4.32. The number of hydrogen-bond acceptors (Lipinski definition) is 3. The first-order valence-corrected chi connectivity index (χ1v) is 12.2. The maximum Gasteiger partial charge on any atom is 0.164 e. The van der Waals surface area contributed by atoms with Crippen LogP contribution in [0.25, 0.3) is 56.4 Å². The summed E-state index contributed by atoms with van der Waals surface area (Å²) >= 11 is 0. The molecule has 0 aliphatic heterocycles. The molecule has 0 saturated heterocycles. The van der Waals surface area contributed by atoms with E-state index in [1.54, 1.807) is 24.3 Å². The lowest BCUT2D eigenvalue weighted by atomic mass is 9.99. The molecule has 6 rings (SSSR count). The Kier molecular flexibility index (Phi) is 6.24. The average molecular weight is 498 g/mol. The minimum atomic E-state index is -0.389. The van der Waals surface area contributed by atoms with E-state index in [2.05, 4.69) is 51.4 Å². The van der Waals surface area contributed by atoms with E-state index in [-0.39, 0.29) is 11.6 Å². The molecule has 0 aliphatic carbocycles. The van der Waals surface area contributed by atoms with E-state index < -0.39 is 0 Å². The summed E-state index contributed by atoms with van der Waals surface area (Å²) in [5.74, 6) is 0.270. The molecule has 0 amide bonds. The van der Waals surface area contributed by atoms with E-state index >= 15 is 0 Å². The molecule has 0 saturated carbocycles. The highest BCUT2D eigenvalue weighted by Crippen LogP contribution is 2.29. The van der Waals surface area contributed by atoms with Gasteiger partial charge in [0.1, 0.15) is 11.6 Å². The Morgan fingerprint density at radius 3 is 1.08 bits per heavy atom. The third-order valence-electron chi connectivity index (χ3n) is 6.27. The molecule has 0 aliphatic rings. The predicted octanol–water partition coefficient (Wildman–Crippen LogP) is 8.48. The number of nitrogens with zero attached hydrogens (tertiary/aromatic N) is 3. The lowest BCUT2D eigenvalue weighted by molar-refractivity contribution is 0.628. The molecule has 0 bridgehead atoms. The monoisotopic (exact) mass is 497 g/mol. The fourth-order valence-corrected chi connectivity index (χ4v) is 4.32. The Labute approximate surface area is 219 Å². The van der Waals surface area contributed by atoms with Crippen molar-refractivity contribution in [3.63, 3.8) is 0 Å². The van der Waals surface area contributed by atoms with E-state index in [0.29, 0.717) is 28.6 Å². The van der Waals surface area contributed by atoms with Crippen LogP contribution < -0.4 is 0 Å². The summed E-state index contributed by atoms with van der Waals surface area (Å²) in [5, 5.41) is 0. The van der Waals surface area contributed by atoms with Gasteiger partial charge in [-0.05, 0) is 46.5 Å². The van der Waals surface area contributed by atoms with Crippen molar-refractivity contribution in [1.29, 1.82) is 0 Å². The predicted molar refractivity (Wildman–Crippen MR) is 147 cm³/mol. The maximum atomic E-state index is 14.0. The molecule has 0 N–H and O–H groups in total. The zero-order valence-electron chi connectivity index (χ0n) is 20.2. The summed E-state index contributed by atoms with van der Waals surface area (Å²) in [5.41, 5.74) is 6.28. The Morgan fingerprint density at radius 1 is 0.316 bits per heavy atom. The van der Waals surface area contributed by atoms with Crippen molar-refractivity contribution in [3.05, 3.63) is 139 Å². The van der Waals surface area contributed by atoms with Gasteiger partial charge in [0, 0.05) is 16.7 Å². The number of hydrogen-bond donors (Lipinski definition) is 0. The first-order chi connectivity index (χ1) is 18.6. The van der Waals surface area contributed by atoms with Crippen LogP contribution in [0.4, 0.5) is 8.78 Å². The first-order valence-electron chi connectivity index (χ1n) is 12.2. The minimum Gasteiger partial charge on any atom is -0.208 e. The Bertz CT molecular complexity index is 1650. The summed E-state index contributed by atoms with van der Waals surface area (Å²) in [6.45, 7) is 0. The van der Waals surface area contributed by atoms with Crippen molar-refractivity contribution in [2.45, 2.75) is 0 Å². The van der Waals surface area contributed by atoms with E-state index in [1.807, 2.05) is 42.5 Å². The van der Waals surface area contributed by atoms with Crippen LogP contribution >= 0.6 is 0 Å². The van der Waals surface area contributed by atoms with Crippen molar-refractivity contribution in [1.82, 2.24) is 15.0 Å². The molecular weight excluding hydrogens is 476 g/mol. The van der Waals surface area contributed by atoms with E-state index in [1.165, 1.54) is 29.8 Å². The van der Waals surface area contributed by atoms with Crippen LogP contribution in [0.1, 0.15) is 0 Å². The Hall–Kier alpha value is -5.03. The van der Waals surface area contributed by atoms with Gasteiger partial charge in [-0.15, -0.1) is 0 Å². The van der Waals surface area contributed by atoms with Crippen LogP contribution in [-0.4, -0.2) is 15.0 Å². The SMILES string of the molecule is Fc1cccc(-c2nc(-c3ccc(-c4ccc(-c5ccccc5)cc4)cc3)nc(-c3cccc(F)c3)n2)c1. The topological polar surface area (TPSA) is 38.7 Å². The van der Waals surface area contributed by atoms with E-state index in [9.17, 15) is 8.78 Å². The van der Waals surface area contributed by atoms with Crippen LogP contribution in [-0.2, 0) is 0 Å². The van der Waals surface area contributed by atoms with Gasteiger partial charge in [-0.3, -0.25) is 0 Å². The van der Waals surface area contributed by atoms with E-state index in [4.69, 9.17) is 0 Å². The number of halogens is 2. The van der Waals surface area contributed by atoms with Crippen molar-refractivity contribution >= 4 is 0 Å². The van der Waals surface area contributed by atoms with Gasteiger partial charge in [0.15, 0.2) is 17.5 Å². The fraction of sp³-hybridized carbons (Fsp3) is 0. The van der Waals surface area contributed by atoms with Crippen molar-refractivity contribution in [2.75, 3.05) is 0 Å². The summed E-state index contributed by atoms with van der Waals surface area (Å²) in [4.78, 5) is 13.8. The Balaban J connectivity index is 1.37. The number of benzene rings is 5. The third kappa shape index (κ3) is 4.95. The molecule has 182 valence electrons. The van der Waals surface area contributed by atoms with Crippen LogP contribution in [0, 0.1) is 11.6 Å². The highest BCUT2D eigenvalue weighted by atomic mass is 19.1. The van der Waals surface area contributed by atoms with Crippen LogP contribution in [0.3, 0.4) is 0 Å². The molecule has 0 spiro atoms. The third-order valence-corrected chi connectivity index (χ3v) is 6.27. The largest absolute Gasteiger partial charge is 0.208 e. The second-order valence-electron chi connectivity index (χ2n) is 8.85. The molecular formula is C33H21F2N3. The summed E-state index contributed by atoms with van der Waals surface area (Å²) in [6, 6.07) is 38.8. The number of aromatic nitrogens is 3. The lowest BCUT2D eigenvalue weighted by Crippen LogP contribution is -2.00. The lowest BCUT2D eigenvalue weighted by Gasteiger charge is -2.09.